The summed E-state index contributed by atoms with van der Waals surface area (Å²) < 4.78 is 0. The fourth-order valence-electron chi connectivity index (χ4n) is 4.56. The maximum absolute atomic E-state index is 12.8. The fourth-order valence-corrected chi connectivity index (χ4v) is 5.74. The topological polar surface area (TPSA) is 153 Å². The van der Waals surface area contributed by atoms with Gasteiger partial charge in [0, 0.05) is 31.7 Å². The third-order valence-electron chi connectivity index (χ3n) is 7.21. The molecule has 1 heterocycles. The molecule has 49 heavy (non-hydrogen) atoms. The summed E-state index contributed by atoms with van der Waals surface area (Å²) in [5.74, 6) is -3.57. The summed E-state index contributed by atoms with van der Waals surface area (Å²) in [7, 11) is 0. The first-order valence-corrected chi connectivity index (χ1v) is 17.7. The van der Waals surface area contributed by atoms with E-state index in [4.69, 9.17) is 0 Å². The van der Waals surface area contributed by atoms with Gasteiger partial charge in [0.1, 0.15) is 11.8 Å². The van der Waals surface area contributed by atoms with E-state index in [1.54, 1.807) is 0 Å². The molecule has 1 saturated heterocycles. The Kier molecular flexibility index (Phi) is 20.3. The van der Waals surface area contributed by atoms with E-state index >= 15 is 0 Å². The molecule has 2 rings (SSSR count). The van der Waals surface area contributed by atoms with Gasteiger partial charge in [-0.2, -0.15) is 0 Å². The number of carbonyl (C=O) groups excluding carboxylic acids is 4. The summed E-state index contributed by atoms with van der Waals surface area (Å²) >= 11 is 0.968. The molecule has 1 aliphatic rings. The van der Waals surface area contributed by atoms with Gasteiger partial charge in [0.2, 0.25) is 17.7 Å². The van der Waals surface area contributed by atoms with Gasteiger partial charge in [0.15, 0.2) is 0 Å². The second-order valence-electron chi connectivity index (χ2n) is 11.1. The monoisotopic (exact) mass is 691 g/mol. The van der Waals surface area contributed by atoms with Gasteiger partial charge in [0.25, 0.3) is 5.91 Å². The molecule has 1 aliphatic heterocycles. The van der Waals surface area contributed by atoms with Crippen LogP contribution >= 0.6 is 11.8 Å². The van der Waals surface area contributed by atoms with Gasteiger partial charge < -0.3 is 20.8 Å². The predicted molar refractivity (Wildman–Crippen MR) is 195 cm³/mol. The van der Waals surface area contributed by atoms with Crippen LogP contribution in [0.3, 0.4) is 0 Å². The Morgan fingerprint density at radius 1 is 0.878 bits per heavy atom. The Bertz CT molecular complexity index is 1410. The van der Waals surface area contributed by atoms with Crippen LogP contribution in [0.15, 0.2) is 97.2 Å². The maximum atomic E-state index is 12.8. The van der Waals surface area contributed by atoms with Crippen molar-refractivity contribution in [2.24, 2.45) is 0 Å². The first-order chi connectivity index (χ1) is 23.7. The predicted octanol–water partition coefficient (Wildman–Crippen LogP) is 6.03. The number of phenols is 1. The number of hydrogen-bond donors (Lipinski definition) is 4. The van der Waals surface area contributed by atoms with Crippen molar-refractivity contribution < 1.29 is 34.2 Å². The number of benzene rings is 1. The molecule has 0 bridgehead atoms. The Hall–Kier alpha value is -4.64. The molecule has 11 heteroatoms. The number of aliphatic carboxylic acids is 1. The number of carboxylic acid groups (broad SMARTS) is 1. The van der Waals surface area contributed by atoms with E-state index in [-0.39, 0.29) is 48.9 Å². The lowest BCUT2D eigenvalue weighted by Crippen LogP contribution is -2.43. The van der Waals surface area contributed by atoms with Gasteiger partial charge in [0.05, 0.1) is 10.8 Å². The zero-order chi connectivity index (χ0) is 35.7. The highest BCUT2D eigenvalue weighted by Crippen LogP contribution is 2.26. The molecule has 2 atom stereocenters. The molecule has 1 unspecified atom stereocenters. The number of aromatic hydroxyl groups is 1. The summed E-state index contributed by atoms with van der Waals surface area (Å²) in [5.41, 5.74) is -0.0727. The van der Waals surface area contributed by atoms with Crippen LogP contribution in [0.5, 0.6) is 5.75 Å². The van der Waals surface area contributed by atoms with E-state index in [1.807, 2.05) is 12.2 Å². The van der Waals surface area contributed by atoms with E-state index < -0.39 is 35.0 Å². The van der Waals surface area contributed by atoms with Gasteiger partial charge in [-0.3, -0.25) is 24.1 Å². The maximum Gasteiger partial charge on any atom is 0.327 e. The minimum absolute atomic E-state index is 0.0206. The van der Waals surface area contributed by atoms with E-state index in [2.05, 4.69) is 78.3 Å². The van der Waals surface area contributed by atoms with Gasteiger partial charge in [-0.05, 0) is 57.1 Å². The van der Waals surface area contributed by atoms with Crippen molar-refractivity contribution >= 4 is 41.4 Å². The normalized spacial score (nSPS) is 16.0. The fraction of sp³-hybridized carbons (Fsp3) is 0.395. The van der Waals surface area contributed by atoms with Crippen LogP contribution in [0.1, 0.15) is 75.1 Å². The molecule has 4 amide bonds. The van der Waals surface area contributed by atoms with E-state index in [1.165, 1.54) is 24.3 Å². The number of thioether (sulfide) groups is 1. The molecule has 0 saturated carbocycles. The smallest absolute Gasteiger partial charge is 0.327 e. The minimum atomic E-state index is -1.34. The summed E-state index contributed by atoms with van der Waals surface area (Å²) in [6, 6.07) is 4.40. The van der Waals surface area contributed by atoms with Crippen LogP contribution in [0, 0.1) is 0 Å². The molecule has 1 aromatic carbocycles. The first-order valence-electron chi connectivity index (χ1n) is 16.7. The number of allylic oxidation sites excluding steroid dienone is 12. The highest BCUT2D eigenvalue weighted by molar-refractivity contribution is 8.00. The number of para-hydroxylation sites is 1. The zero-order valence-electron chi connectivity index (χ0n) is 28.2. The molecule has 0 radical (unpaired) electrons. The quantitative estimate of drug-likeness (QED) is 0.0802. The SMILES string of the molecule is CC/C=C\C/C=C\C/C=C\C/C=C\C/C=C\C/C=C\CCC(=O)NCCN1C(=O)CC(SC[C@H](NC(=O)c2ccccc2O)C(=O)O)C1=O. The number of imide groups is 1. The van der Waals surface area contributed by atoms with Crippen molar-refractivity contribution in [1.29, 1.82) is 0 Å². The number of likely N-dealkylation sites (tertiary alicyclic amines) is 1. The summed E-state index contributed by atoms with van der Waals surface area (Å²) in [4.78, 5) is 62.7. The summed E-state index contributed by atoms with van der Waals surface area (Å²) in [5, 5.41) is 23.7. The second-order valence-corrected chi connectivity index (χ2v) is 12.3. The van der Waals surface area contributed by atoms with Crippen molar-refractivity contribution in [3.05, 3.63) is 103 Å². The third-order valence-corrected chi connectivity index (χ3v) is 8.51. The van der Waals surface area contributed by atoms with Crippen LogP contribution in [-0.4, -0.2) is 74.8 Å². The largest absolute Gasteiger partial charge is 0.507 e. The van der Waals surface area contributed by atoms with Crippen LogP contribution < -0.4 is 10.6 Å². The molecular weight excluding hydrogens is 642 g/mol. The lowest BCUT2D eigenvalue weighted by atomic mass is 10.2. The van der Waals surface area contributed by atoms with Crippen molar-refractivity contribution in [1.82, 2.24) is 15.5 Å². The van der Waals surface area contributed by atoms with Gasteiger partial charge in [-0.1, -0.05) is 92.0 Å². The standard InChI is InChI=1S/C38H49N3O7S/c1-2-3-4-5-6-7-8-9-10-11-12-13-14-15-16-17-18-19-20-25-34(43)39-26-27-41-35(44)28-33(37(41)46)49-29-31(38(47)48)40-36(45)30-23-21-22-24-32(30)42/h3-4,6-7,9-10,12-13,15-16,18-19,21-24,31,33,42H,2,5,8,11,14,17,20,25-29H2,1H3,(H,39,43)(H,40,45)(H,47,48)/b4-3-,7-6-,10-9-,13-12-,16-15-,19-18-/t31-,33?/m0/s1. The molecule has 1 fully saturated rings. The molecule has 1 aromatic rings. The lowest BCUT2D eigenvalue weighted by Gasteiger charge is -2.17. The van der Waals surface area contributed by atoms with Crippen LogP contribution in [0.2, 0.25) is 0 Å². The number of phenolic OH excluding ortho intramolecular Hbond substituents is 1. The number of hydrogen-bond acceptors (Lipinski definition) is 7. The van der Waals surface area contributed by atoms with Gasteiger partial charge >= 0.3 is 5.97 Å². The number of carboxylic acids is 1. The zero-order valence-corrected chi connectivity index (χ0v) is 29.0. The van der Waals surface area contributed by atoms with Crippen molar-refractivity contribution in [3.8, 4) is 5.75 Å². The van der Waals surface area contributed by atoms with E-state index in [9.17, 15) is 34.2 Å². The molecule has 0 aromatic heterocycles. The van der Waals surface area contributed by atoms with Crippen LogP contribution in [0.25, 0.3) is 0 Å². The van der Waals surface area contributed by atoms with Gasteiger partial charge in [-0.25, -0.2) is 4.79 Å². The Morgan fingerprint density at radius 3 is 1.98 bits per heavy atom. The molecule has 10 nitrogen and oxygen atoms in total. The summed E-state index contributed by atoms with van der Waals surface area (Å²) in [6.07, 6.45) is 31.8. The van der Waals surface area contributed by atoms with E-state index in [0.29, 0.717) is 6.42 Å². The Labute approximate surface area is 293 Å². The molecule has 4 N–H and O–H groups in total. The lowest BCUT2D eigenvalue weighted by molar-refractivity contribution is -0.139. The molecule has 0 spiro atoms. The highest BCUT2D eigenvalue weighted by Gasteiger charge is 2.39. The minimum Gasteiger partial charge on any atom is -0.507 e. The van der Waals surface area contributed by atoms with Crippen LogP contribution in [0.4, 0.5) is 0 Å². The molecule has 0 aliphatic carbocycles. The average molecular weight is 692 g/mol. The number of nitrogens with zero attached hydrogens (tertiary/aromatic N) is 1. The number of amides is 4. The Morgan fingerprint density at radius 2 is 1.43 bits per heavy atom. The van der Waals surface area contributed by atoms with Crippen molar-refractivity contribution in [3.63, 3.8) is 0 Å². The number of carbonyl (C=O) groups is 5. The average Bonchev–Trinajstić information content (AvgIpc) is 3.35. The first kappa shape index (κ1) is 40.5. The second kappa shape index (κ2) is 24.5. The molecular formula is C38H49N3O7S. The van der Waals surface area contributed by atoms with Gasteiger partial charge in [-0.15, -0.1) is 11.8 Å². The van der Waals surface area contributed by atoms with Crippen molar-refractivity contribution in [2.45, 2.75) is 76.0 Å². The summed E-state index contributed by atoms with van der Waals surface area (Å²) in [6.45, 7) is 2.27. The van der Waals surface area contributed by atoms with Crippen LogP contribution in [-0.2, 0) is 19.2 Å². The number of rotatable bonds is 23. The Balaban J connectivity index is 1.57. The molecule has 264 valence electrons. The third kappa shape index (κ3) is 16.8. The highest BCUT2D eigenvalue weighted by atomic mass is 32.2. The van der Waals surface area contributed by atoms with Crippen molar-refractivity contribution in [2.75, 3.05) is 18.8 Å². The van der Waals surface area contributed by atoms with E-state index in [0.717, 1.165) is 55.2 Å². The number of nitrogens with one attached hydrogen (secondary N) is 2.